The number of hydrogen-bond acceptors (Lipinski definition) is 6. The first-order valence-electron chi connectivity index (χ1n) is 11.0. The molecule has 0 saturated heterocycles. The van der Waals surface area contributed by atoms with Gasteiger partial charge in [-0.15, -0.1) is 0 Å². The standard InChI is InChI=1S/C26H24N4O4/c1-3-29(4-2)21-12-9-19(10-13-21)26-28-23-17-20(11-14-24(23)34-26)27-25(31)15-8-18-6-5-7-22(16-18)30(32)33/h5-17H,3-4H2,1-2H3,(H,27,31)/b15-8+. The summed E-state index contributed by atoms with van der Waals surface area (Å²) in [6.45, 7) is 6.12. The highest BCUT2D eigenvalue weighted by atomic mass is 16.6. The number of benzene rings is 3. The van der Waals surface area contributed by atoms with E-state index in [0.717, 1.165) is 24.3 Å². The Morgan fingerprint density at radius 1 is 1.09 bits per heavy atom. The van der Waals surface area contributed by atoms with E-state index in [-0.39, 0.29) is 11.6 Å². The zero-order valence-electron chi connectivity index (χ0n) is 18.9. The number of fused-ring (bicyclic) bond motifs is 1. The predicted octanol–water partition coefficient (Wildman–Crippen LogP) is 5.90. The Kier molecular flexibility index (Phi) is 6.68. The van der Waals surface area contributed by atoms with Gasteiger partial charge >= 0.3 is 0 Å². The van der Waals surface area contributed by atoms with Crippen molar-refractivity contribution in [3.05, 3.63) is 88.5 Å². The van der Waals surface area contributed by atoms with E-state index in [2.05, 4.69) is 41.2 Å². The molecule has 1 amide bonds. The van der Waals surface area contributed by atoms with Crippen molar-refractivity contribution >= 4 is 40.1 Å². The topological polar surface area (TPSA) is 102 Å². The molecule has 0 aliphatic heterocycles. The van der Waals surface area contributed by atoms with Crippen molar-refractivity contribution in [1.82, 2.24) is 4.98 Å². The highest BCUT2D eigenvalue weighted by Crippen LogP contribution is 2.28. The maximum atomic E-state index is 12.3. The molecule has 3 aromatic carbocycles. The van der Waals surface area contributed by atoms with Crippen LogP contribution in [0.4, 0.5) is 17.1 Å². The van der Waals surface area contributed by atoms with Crippen LogP contribution in [-0.2, 0) is 4.79 Å². The summed E-state index contributed by atoms with van der Waals surface area (Å²) in [6, 6.07) is 19.4. The number of hydrogen-bond donors (Lipinski definition) is 1. The summed E-state index contributed by atoms with van der Waals surface area (Å²) in [5.41, 5.74) is 4.37. The Labute approximate surface area is 196 Å². The third-order valence-electron chi connectivity index (χ3n) is 5.41. The first kappa shape index (κ1) is 22.7. The smallest absolute Gasteiger partial charge is 0.270 e. The van der Waals surface area contributed by atoms with E-state index in [9.17, 15) is 14.9 Å². The van der Waals surface area contributed by atoms with Crippen molar-refractivity contribution in [2.24, 2.45) is 0 Å². The molecule has 0 fully saturated rings. The maximum absolute atomic E-state index is 12.3. The molecule has 4 rings (SSSR count). The second-order valence-electron chi connectivity index (χ2n) is 7.60. The summed E-state index contributed by atoms with van der Waals surface area (Å²) >= 11 is 0. The predicted molar refractivity (Wildman–Crippen MR) is 134 cm³/mol. The van der Waals surface area contributed by atoms with Gasteiger partial charge in [-0.3, -0.25) is 14.9 Å². The molecule has 0 bridgehead atoms. The molecule has 1 aromatic heterocycles. The minimum Gasteiger partial charge on any atom is -0.436 e. The molecule has 1 N–H and O–H groups in total. The van der Waals surface area contributed by atoms with Crippen LogP contribution < -0.4 is 10.2 Å². The largest absolute Gasteiger partial charge is 0.436 e. The number of amides is 1. The zero-order chi connectivity index (χ0) is 24.1. The second kappa shape index (κ2) is 9.99. The van der Waals surface area contributed by atoms with Crippen LogP contribution in [0.25, 0.3) is 28.6 Å². The fourth-order valence-corrected chi connectivity index (χ4v) is 3.63. The molecule has 4 aromatic rings. The summed E-state index contributed by atoms with van der Waals surface area (Å²) in [5, 5.41) is 13.7. The van der Waals surface area contributed by atoms with Gasteiger partial charge in [0, 0.05) is 48.2 Å². The first-order chi connectivity index (χ1) is 16.5. The Bertz CT molecular complexity index is 1360. The molecule has 0 spiro atoms. The molecule has 34 heavy (non-hydrogen) atoms. The van der Waals surface area contributed by atoms with Crippen molar-refractivity contribution in [2.75, 3.05) is 23.3 Å². The van der Waals surface area contributed by atoms with Crippen molar-refractivity contribution < 1.29 is 14.1 Å². The minimum absolute atomic E-state index is 0.0301. The van der Waals surface area contributed by atoms with Gasteiger partial charge in [0.25, 0.3) is 5.69 Å². The number of anilines is 2. The number of rotatable bonds is 8. The number of nitro groups is 1. The molecular weight excluding hydrogens is 432 g/mol. The lowest BCUT2D eigenvalue weighted by molar-refractivity contribution is -0.384. The van der Waals surface area contributed by atoms with E-state index in [1.165, 1.54) is 24.3 Å². The number of nitro benzene ring substituents is 1. The average molecular weight is 457 g/mol. The van der Waals surface area contributed by atoms with Gasteiger partial charge in [0.2, 0.25) is 11.8 Å². The normalized spacial score (nSPS) is 11.1. The molecule has 172 valence electrons. The number of aromatic nitrogens is 1. The van der Waals surface area contributed by atoms with E-state index >= 15 is 0 Å². The Morgan fingerprint density at radius 3 is 2.56 bits per heavy atom. The number of carbonyl (C=O) groups is 1. The van der Waals surface area contributed by atoms with Crippen LogP contribution in [-0.4, -0.2) is 28.9 Å². The van der Waals surface area contributed by atoms with Crippen molar-refractivity contribution in [3.8, 4) is 11.5 Å². The molecule has 0 radical (unpaired) electrons. The van der Waals surface area contributed by atoms with Gasteiger partial charge in [0.05, 0.1) is 4.92 Å². The van der Waals surface area contributed by atoms with Crippen LogP contribution in [0.1, 0.15) is 19.4 Å². The first-order valence-corrected chi connectivity index (χ1v) is 11.0. The van der Waals surface area contributed by atoms with Crippen LogP contribution >= 0.6 is 0 Å². The van der Waals surface area contributed by atoms with Gasteiger partial charge in [0.1, 0.15) is 5.52 Å². The molecule has 0 aliphatic carbocycles. The fraction of sp³-hybridized carbons (Fsp3) is 0.154. The fourth-order valence-electron chi connectivity index (χ4n) is 3.63. The van der Waals surface area contributed by atoms with Crippen LogP contribution in [0.3, 0.4) is 0 Å². The lowest BCUT2D eigenvalue weighted by Crippen LogP contribution is -2.21. The number of non-ortho nitro benzene ring substituents is 1. The zero-order valence-corrected chi connectivity index (χ0v) is 18.9. The quantitative estimate of drug-likeness (QED) is 0.201. The lowest BCUT2D eigenvalue weighted by atomic mass is 10.2. The van der Waals surface area contributed by atoms with Crippen LogP contribution in [0, 0.1) is 10.1 Å². The number of oxazole rings is 1. The Hall–Kier alpha value is -4.46. The molecular formula is C26H24N4O4. The van der Waals surface area contributed by atoms with Crippen LogP contribution in [0.15, 0.2) is 77.2 Å². The van der Waals surface area contributed by atoms with Crippen molar-refractivity contribution in [1.29, 1.82) is 0 Å². The maximum Gasteiger partial charge on any atom is 0.270 e. The van der Waals surface area contributed by atoms with E-state index in [1.807, 2.05) is 12.1 Å². The Balaban J connectivity index is 1.47. The highest BCUT2D eigenvalue weighted by molar-refractivity contribution is 6.02. The van der Waals surface area contributed by atoms with E-state index in [4.69, 9.17) is 4.42 Å². The molecule has 0 saturated carbocycles. The SMILES string of the molecule is CCN(CC)c1ccc(-c2nc3cc(NC(=O)/C=C/c4cccc([N+](=O)[O-])c4)ccc3o2)cc1. The van der Waals surface area contributed by atoms with Crippen molar-refractivity contribution in [3.63, 3.8) is 0 Å². The highest BCUT2D eigenvalue weighted by Gasteiger charge is 2.11. The monoisotopic (exact) mass is 456 g/mol. The number of nitrogens with zero attached hydrogens (tertiary/aromatic N) is 3. The lowest BCUT2D eigenvalue weighted by Gasteiger charge is -2.20. The third-order valence-corrected chi connectivity index (χ3v) is 5.41. The minimum atomic E-state index is -0.474. The summed E-state index contributed by atoms with van der Waals surface area (Å²) in [4.78, 5) is 29.6. The number of nitrogens with one attached hydrogen (secondary N) is 1. The van der Waals surface area contributed by atoms with Gasteiger partial charge in [0.15, 0.2) is 5.58 Å². The van der Waals surface area contributed by atoms with Gasteiger partial charge in [-0.05, 0) is 68.0 Å². The molecule has 8 heteroatoms. The van der Waals surface area contributed by atoms with Gasteiger partial charge in [-0.2, -0.15) is 0 Å². The molecule has 0 atom stereocenters. The average Bonchev–Trinajstić information content (AvgIpc) is 3.27. The van der Waals surface area contributed by atoms with Gasteiger partial charge < -0.3 is 14.6 Å². The van der Waals surface area contributed by atoms with Gasteiger partial charge in [-0.1, -0.05) is 12.1 Å². The summed E-state index contributed by atoms with van der Waals surface area (Å²) < 4.78 is 5.90. The molecule has 8 nitrogen and oxygen atoms in total. The molecule has 1 heterocycles. The third kappa shape index (κ3) is 5.12. The molecule has 0 aliphatic rings. The summed E-state index contributed by atoms with van der Waals surface area (Å²) in [5.74, 6) is 0.150. The van der Waals surface area contributed by atoms with Gasteiger partial charge in [-0.25, -0.2) is 4.98 Å². The summed E-state index contributed by atoms with van der Waals surface area (Å²) in [7, 11) is 0. The van der Waals surface area contributed by atoms with Crippen LogP contribution in [0.5, 0.6) is 0 Å². The Morgan fingerprint density at radius 2 is 1.85 bits per heavy atom. The van der Waals surface area contributed by atoms with E-state index < -0.39 is 4.92 Å². The van der Waals surface area contributed by atoms with E-state index in [0.29, 0.717) is 28.2 Å². The van der Waals surface area contributed by atoms with Crippen molar-refractivity contribution in [2.45, 2.75) is 13.8 Å². The summed E-state index contributed by atoms with van der Waals surface area (Å²) in [6.07, 6.45) is 2.85. The second-order valence-corrected chi connectivity index (χ2v) is 7.60. The number of carbonyl (C=O) groups excluding carboxylic acids is 1. The molecule has 0 unspecified atom stereocenters. The van der Waals surface area contributed by atoms with Crippen LogP contribution in [0.2, 0.25) is 0 Å². The van der Waals surface area contributed by atoms with E-state index in [1.54, 1.807) is 30.3 Å².